The van der Waals surface area contributed by atoms with Gasteiger partial charge < -0.3 is 9.47 Å². The molecule has 0 unspecified atom stereocenters. The van der Waals surface area contributed by atoms with E-state index in [0.717, 1.165) is 28.3 Å². The summed E-state index contributed by atoms with van der Waals surface area (Å²) in [6, 6.07) is 97.5. The molecule has 0 fully saturated rings. The Kier molecular flexibility index (Phi) is 9.54. The SMILES string of the molecule is c1ccc(-c2ccc(N(c3ccc(-c4ccc5c(c4)c(-c4ccccc4)c(-c4ccccc4)c4ccccc45)cc3)c3ccc4c(c3)c3ccccc3n4-c3ccc4ccccc4c3)cc2)cc1. The molecular weight excluding hydrogens is 821 g/mol. The van der Waals surface area contributed by atoms with Crippen LogP contribution in [0.5, 0.6) is 0 Å². The summed E-state index contributed by atoms with van der Waals surface area (Å²) in [6.45, 7) is 0. The van der Waals surface area contributed by atoms with Crippen LogP contribution in [-0.2, 0) is 0 Å². The highest BCUT2D eigenvalue weighted by Crippen LogP contribution is 2.46. The number of rotatable bonds is 8. The Hall–Kier alpha value is -8.98. The Bertz CT molecular complexity index is 3980. The predicted octanol–water partition coefficient (Wildman–Crippen LogP) is 18.4. The fourth-order valence-electron chi connectivity index (χ4n) is 10.6. The molecule has 1 aromatic heterocycles. The van der Waals surface area contributed by atoms with Gasteiger partial charge in [0.25, 0.3) is 0 Å². The van der Waals surface area contributed by atoms with Crippen molar-refractivity contribution >= 4 is 71.2 Å². The normalized spacial score (nSPS) is 11.5. The zero-order valence-corrected chi connectivity index (χ0v) is 37.3. The Balaban J connectivity index is 0.961. The molecule has 0 bridgehead atoms. The van der Waals surface area contributed by atoms with Crippen molar-refractivity contribution in [1.82, 2.24) is 4.57 Å². The minimum Gasteiger partial charge on any atom is -0.310 e. The van der Waals surface area contributed by atoms with E-state index < -0.39 is 0 Å². The molecule has 13 aromatic rings. The van der Waals surface area contributed by atoms with Crippen LogP contribution in [-0.4, -0.2) is 4.57 Å². The van der Waals surface area contributed by atoms with Crippen molar-refractivity contribution in [2.24, 2.45) is 0 Å². The monoisotopic (exact) mass is 864 g/mol. The molecule has 0 aliphatic rings. The molecule has 0 radical (unpaired) electrons. The molecule has 2 heteroatoms. The summed E-state index contributed by atoms with van der Waals surface area (Å²) in [5.41, 5.74) is 16.5. The van der Waals surface area contributed by atoms with Gasteiger partial charge in [0, 0.05) is 33.5 Å². The molecule has 318 valence electrons. The smallest absolute Gasteiger partial charge is 0.0542 e. The molecule has 0 saturated carbocycles. The van der Waals surface area contributed by atoms with E-state index in [1.807, 2.05) is 0 Å². The number of para-hydroxylation sites is 1. The van der Waals surface area contributed by atoms with Crippen molar-refractivity contribution in [3.63, 3.8) is 0 Å². The lowest BCUT2D eigenvalue weighted by Gasteiger charge is -2.26. The molecule has 0 aliphatic heterocycles. The third-order valence-electron chi connectivity index (χ3n) is 13.7. The van der Waals surface area contributed by atoms with Gasteiger partial charge in [-0.15, -0.1) is 0 Å². The number of nitrogens with zero attached hydrogens (tertiary/aromatic N) is 2. The topological polar surface area (TPSA) is 8.17 Å². The van der Waals surface area contributed by atoms with Crippen molar-refractivity contribution in [3.05, 3.63) is 267 Å². The first-order chi connectivity index (χ1) is 33.7. The maximum absolute atomic E-state index is 2.41. The number of anilines is 3. The number of hydrogen-bond donors (Lipinski definition) is 0. The minimum atomic E-state index is 1.09. The second-order valence-corrected chi connectivity index (χ2v) is 17.7. The van der Waals surface area contributed by atoms with Crippen LogP contribution in [0.25, 0.3) is 104 Å². The Labute approximate surface area is 395 Å². The summed E-state index contributed by atoms with van der Waals surface area (Å²) in [7, 11) is 0. The second kappa shape index (κ2) is 16.5. The molecule has 0 spiro atoms. The molecule has 12 aromatic carbocycles. The maximum atomic E-state index is 2.41. The van der Waals surface area contributed by atoms with Crippen LogP contribution in [0.15, 0.2) is 267 Å². The quantitative estimate of drug-likeness (QED) is 0.138. The Morgan fingerprint density at radius 1 is 0.235 bits per heavy atom. The van der Waals surface area contributed by atoms with E-state index in [2.05, 4.69) is 276 Å². The number of benzene rings is 12. The maximum Gasteiger partial charge on any atom is 0.0542 e. The molecule has 0 aliphatic carbocycles. The van der Waals surface area contributed by atoms with E-state index in [1.165, 1.54) is 93.1 Å². The van der Waals surface area contributed by atoms with Crippen LogP contribution in [0, 0.1) is 0 Å². The second-order valence-electron chi connectivity index (χ2n) is 17.7. The van der Waals surface area contributed by atoms with Gasteiger partial charge in [0.2, 0.25) is 0 Å². The highest BCUT2D eigenvalue weighted by Gasteiger charge is 2.20. The largest absolute Gasteiger partial charge is 0.310 e. The van der Waals surface area contributed by atoms with E-state index in [0.29, 0.717) is 0 Å². The third kappa shape index (κ3) is 6.73. The average molecular weight is 865 g/mol. The van der Waals surface area contributed by atoms with Gasteiger partial charge in [-0.25, -0.2) is 0 Å². The molecular formula is C66H44N2. The minimum absolute atomic E-state index is 1.09. The van der Waals surface area contributed by atoms with Gasteiger partial charge in [-0.05, 0) is 144 Å². The highest BCUT2D eigenvalue weighted by atomic mass is 15.1. The van der Waals surface area contributed by atoms with E-state index in [1.54, 1.807) is 0 Å². The van der Waals surface area contributed by atoms with Gasteiger partial charge in [-0.2, -0.15) is 0 Å². The lowest BCUT2D eigenvalue weighted by Crippen LogP contribution is -2.10. The lowest BCUT2D eigenvalue weighted by molar-refractivity contribution is 1.18. The number of hydrogen-bond acceptors (Lipinski definition) is 1. The molecule has 0 N–H and O–H groups in total. The predicted molar refractivity (Wildman–Crippen MR) is 290 cm³/mol. The number of fused-ring (bicyclic) bond motifs is 7. The molecule has 0 amide bonds. The fraction of sp³-hybridized carbons (Fsp3) is 0. The van der Waals surface area contributed by atoms with Crippen LogP contribution >= 0.6 is 0 Å². The van der Waals surface area contributed by atoms with Crippen LogP contribution < -0.4 is 4.90 Å². The summed E-state index contributed by atoms with van der Waals surface area (Å²) in [5.74, 6) is 0. The summed E-state index contributed by atoms with van der Waals surface area (Å²) >= 11 is 0. The molecule has 13 rings (SSSR count). The molecule has 0 saturated heterocycles. The summed E-state index contributed by atoms with van der Waals surface area (Å²) in [6.07, 6.45) is 0. The molecule has 1 heterocycles. The van der Waals surface area contributed by atoms with Crippen LogP contribution in [0.4, 0.5) is 17.1 Å². The first kappa shape index (κ1) is 39.4. The van der Waals surface area contributed by atoms with E-state index in [4.69, 9.17) is 0 Å². The summed E-state index contributed by atoms with van der Waals surface area (Å²) in [5, 5.41) is 9.91. The first-order valence-electron chi connectivity index (χ1n) is 23.4. The van der Waals surface area contributed by atoms with Gasteiger partial charge in [-0.1, -0.05) is 200 Å². The van der Waals surface area contributed by atoms with Crippen LogP contribution in [0.1, 0.15) is 0 Å². The van der Waals surface area contributed by atoms with Crippen molar-refractivity contribution in [1.29, 1.82) is 0 Å². The van der Waals surface area contributed by atoms with Crippen molar-refractivity contribution in [2.45, 2.75) is 0 Å². The molecule has 68 heavy (non-hydrogen) atoms. The van der Waals surface area contributed by atoms with Gasteiger partial charge in [0.1, 0.15) is 0 Å². The van der Waals surface area contributed by atoms with Crippen molar-refractivity contribution < 1.29 is 0 Å². The fourth-order valence-corrected chi connectivity index (χ4v) is 10.6. The van der Waals surface area contributed by atoms with Crippen LogP contribution in [0.3, 0.4) is 0 Å². The Morgan fingerprint density at radius 3 is 1.38 bits per heavy atom. The van der Waals surface area contributed by atoms with Gasteiger partial charge in [-0.3, -0.25) is 0 Å². The molecule has 2 nitrogen and oxygen atoms in total. The van der Waals surface area contributed by atoms with Gasteiger partial charge in [0.15, 0.2) is 0 Å². The highest BCUT2D eigenvalue weighted by molar-refractivity contribution is 6.22. The zero-order valence-electron chi connectivity index (χ0n) is 37.3. The van der Waals surface area contributed by atoms with Gasteiger partial charge in [0.05, 0.1) is 11.0 Å². The van der Waals surface area contributed by atoms with Gasteiger partial charge >= 0.3 is 0 Å². The lowest BCUT2D eigenvalue weighted by atomic mass is 9.84. The van der Waals surface area contributed by atoms with E-state index >= 15 is 0 Å². The number of aromatic nitrogens is 1. The van der Waals surface area contributed by atoms with Crippen LogP contribution in [0.2, 0.25) is 0 Å². The zero-order chi connectivity index (χ0) is 45.0. The van der Waals surface area contributed by atoms with Crippen molar-refractivity contribution in [3.8, 4) is 50.2 Å². The summed E-state index contributed by atoms with van der Waals surface area (Å²) < 4.78 is 2.41. The summed E-state index contributed by atoms with van der Waals surface area (Å²) in [4.78, 5) is 2.40. The average Bonchev–Trinajstić information content (AvgIpc) is 3.75. The van der Waals surface area contributed by atoms with E-state index in [9.17, 15) is 0 Å². The standard InChI is InChI=1S/C66H44N2/c1-4-16-45(17-5-1)47-28-34-53(35-29-47)67(56-39-41-64-61(44-56)59-25-14-15-27-63(59)68(64)55-38-32-46-18-10-11-23-51(46)42-55)54-36-30-48(31-37-54)52-33-40-58-57-24-12-13-26-60(57)65(49-19-6-2-7-20-49)66(62(58)43-52)50-21-8-3-9-22-50/h1-44H. The first-order valence-corrected chi connectivity index (χ1v) is 23.4. The Morgan fingerprint density at radius 2 is 0.706 bits per heavy atom. The molecule has 0 atom stereocenters. The van der Waals surface area contributed by atoms with E-state index in [-0.39, 0.29) is 0 Å². The van der Waals surface area contributed by atoms with Crippen molar-refractivity contribution in [2.75, 3.05) is 4.90 Å². The third-order valence-corrected chi connectivity index (χ3v) is 13.7.